The van der Waals surface area contributed by atoms with Gasteiger partial charge in [-0.3, -0.25) is 10.1 Å². The molecule has 2 aromatic carbocycles. The highest BCUT2D eigenvalue weighted by Crippen LogP contribution is 2.28. The van der Waals surface area contributed by atoms with Crippen molar-refractivity contribution < 1.29 is 13.9 Å². The first-order valence-electron chi connectivity index (χ1n) is 8.26. The number of halogens is 1. The van der Waals surface area contributed by atoms with E-state index in [0.29, 0.717) is 16.4 Å². The van der Waals surface area contributed by atoms with Gasteiger partial charge in [0.1, 0.15) is 5.01 Å². The predicted octanol–water partition coefficient (Wildman–Crippen LogP) is 5.22. The zero-order valence-corrected chi connectivity index (χ0v) is 16.3. The Morgan fingerprint density at radius 2 is 2.07 bits per heavy atom. The Morgan fingerprint density at radius 3 is 2.86 bits per heavy atom. The number of carbonyl (C=O) groups is 1. The van der Waals surface area contributed by atoms with Gasteiger partial charge in [-0.05, 0) is 36.4 Å². The van der Waals surface area contributed by atoms with Gasteiger partial charge in [0.15, 0.2) is 16.7 Å². The Balaban J connectivity index is 1.44. The van der Waals surface area contributed by atoms with Crippen LogP contribution < -0.4 is 10.1 Å². The average molecular weight is 411 g/mol. The minimum absolute atomic E-state index is 0.174. The van der Waals surface area contributed by atoms with Crippen molar-refractivity contribution in [2.75, 3.05) is 12.4 Å². The number of nitrogens with one attached hydrogen (secondary N) is 1. The molecule has 5 nitrogen and oxygen atoms in total. The Morgan fingerprint density at radius 1 is 1.21 bits per heavy atom. The number of carbonyl (C=O) groups excluding carboxylic acids is 1. The van der Waals surface area contributed by atoms with Crippen LogP contribution in [0, 0.1) is 5.82 Å². The van der Waals surface area contributed by atoms with Gasteiger partial charge < -0.3 is 4.74 Å². The number of aromatic nitrogens is 2. The molecule has 0 radical (unpaired) electrons. The molecule has 1 N–H and O–H groups in total. The normalized spacial score (nSPS) is 11.2. The topological polar surface area (TPSA) is 64.1 Å². The van der Waals surface area contributed by atoms with Crippen LogP contribution in [0.25, 0.3) is 27.6 Å². The summed E-state index contributed by atoms with van der Waals surface area (Å²) in [6.07, 6.45) is 3.10. The molecular formula is C20H14FN3O2S2. The predicted molar refractivity (Wildman–Crippen MR) is 111 cm³/mol. The van der Waals surface area contributed by atoms with E-state index in [1.165, 1.54) is 41.9 Å². The maximum Gasteiger partial charge on any atom is 0.250 e. The first kappa shape index (κ1) is 18.3. The summed E-state index contributed by atoms with van der Waals surface area (Å²) in [7, 11) is 1.41. The maximum atomic E-state index is 13.9. The smallest absolute Gasteiger partial charge is 0.250 e. The van der Waals surface area contributed by atoms with Crippen LogP contribution in [-0.2, 0) is 4.79 Å². The molecule has 0 saturated carbocycles. The Hall–Kier alpha value is -3.10. The largest absolute Gasteiger partial charge is 0.494 e. The van der Waals surface area contributed by atoms with Gasteiger partial charge in [-0.2, -0.15) is 0 Å². The monoisotopic (exact) mass is 411 g/mol. The molecule has 2 aromatic heterocycles. The summed E-state index contributed by atoms with van der Waals surface area (Å²) in [5.74, 6) is -0.592. The van der Waals surface area contributed by atoms with Crippen molar-refractivity contribution in [2.24, 2.45) is 0 Å². The average Bonchev–Trinajstić information content (AvgIpc) is 3.32. The molecule has 0 fully saturated rings. The van der Waals surface area contributed by atoms with Crippen LogP contribution in [0.4, 0.5) is 9.52 Å². The zero-order valence-electron chi connectivity index (χ0n) is 14.7. The molecular weight excluding hydrogens is 397 g/mol. The van der Waals surface area contributed by atoms with Crippen molar-refractivity contribution in [2.45, 2.75) is 0 Å². The highest BCUT2D eigenvalue weighted by atomic mass is 32.1. The molecule has 0 aliphatic carbocycles. The molecule has 4 aromatic rings. The zero-order chi connectivity index (χ0) is 19.5. The summed E-state index contributed by atoms with van der Waals surface area (Å²) in [6, 6.07) is 12.4. The molecule has 0 unspecified atom stereocenters. The molecule has 0 atom stereocenters. The third-order valence-electron chi connectivity index (χ3n) is 3.87. The lowest BCUT2D eigenvalue weighted by Gasteiger charge is -2.03. The van der Waals surface area contributed by atoms with Crippen LogP contribution in [0.15, 0.2) is 53.9 Å². The van der Waals surface area contributed by atoms with Gasteiger partial charge in [-0.15, -0.1) is 22.7 Å². The van der Waals surface area contributed by atoms with Crippen molar-refractivity contribution in [1.82, 2.24) is 9.97 Å². The second kappa shape index (κ2) is 7.87. The Bertz CT molecular complexity index is 1150. The second-order valence-electron chi connectivity index (χ2n) is 5.73. The number of methoxy groups -OCH3 is 1. The van der Waals surface area contributed by atoms with E-state index >= 15 is 0 Å². The lowest BCUT2D eigenvalue weighted by molar-refractivity contribution is -0.111. The van der Waals surface area contributed by atoms with E-state index in [1.807, 2.05) is 24.3 Å². The summed E-state index contributed by atoms with van der Waals surface area (Å²) >= 11 is 2.78. The van der Waals surface area contributed by atoms with E-state index < -0.39 is 5.82 Å². The molecule has 2 heterocycles. The van der Waals surface area contributed by atoms with Crippen LogP contribution in [0.2, 0.25) is 0 Å². The highest BCUT2D eigenvalue weighted by molar-refractivity contribution is 7.19. The molecule has 0 saturated heterocycles. The second-order valence-corrected chi connectivity index (χ2v) is 7.65. The first-order valence-corrected chi connectivity index (χ1v) is 9.96. The van der Waals surface area contributed by atoms with Gasteiger partial charge in [0.25, 0.3) is 0 Å². The standard InChI is InChI=1S/C20H14FN3O2S2/c1-26-16-7-6-12(10-13(16)21)15-11-27-20(23-15)24-18(25)8-9-19-22-14-4-2-3-5-17(14)28-19/h2-11H,1H3,(H,23,24,25)/b9-8+. The van der Waals surface area contributed by atoms with E-state index in [4.69, 9.17) is 4.74 Å². The molecule has 1 amide bonds. The van der Waals surface area contributed by atoms with Crippen LogP contribution in [0.3, 0.4) is 0 Å². The molecule has 0 spiro atoms. The van der Waals surface area contributed by atoms with Crippen LogP contribution in [0.5, 0.6) is 5.75 Å². The minimum Gasteiger partial charge on any atom is -0.494 e. The van der Waals surface area contributed by atoms with Crippen LogP contribution in [0.1, 0.15) is 5.01 Å². The minimum atomic E-state index is -0.461. The lowest BCUT2D eigenvalue weighted by atomic mass is 10.1. The van der Waals surface area contributed by atoms with Gasteiger partial charge in [-0.25, -0.2) is 14.4 Å². The third kappa shape index (κ3) is 3.92. The number of benzene rings is 2. The number of nitrogens with zero attached hydrogens (tertiary/aromatic N) is 2. The number of hydrogen-bond acceptors (Lipinski definition) is 6. The number of anilines is 1. The van der Waals surface area contributed by atoms with E-state index in [-0.39, 0.29) is 11.7 Å². The number of thiazole rings is 2. The highest BCUT2D eigenvalue weighted by Gasteiger charge is 2.10. The SMILES string of the molecule is COc1ccc(-c2csc(NC(=O)/C=C/c3nc4ccccc4s3)n2)cc1F. The van der Waals surface area contributed by atoms with Crippen LogP contribution >= 0.6 is 22.7 Å². The van der Waals surface area contributed by atoms with Crippen molar-refractivity contribution in [3.63, 3.8) is 0 Å². The van der Waals surface area contributed by atoms with Gasteiger partial charge in [0.2, 0.25) is 5.91 Å². The van der Waals surface area contributed by atoms with Gasteiger partial charge in [0.05, 0.1) is 23.0 Å². The number of amides is 1. The summed E-state index contributed by atoms with van der Waals surface area (Å²) in [5.41, 5.74) is 2.10. The number of hydrogen-bond donors (Lipinski definition) is 1. The Kier molecular flexibility index (Phi) is 5.14. The van der Waals surface area contributed by atoms with Crippen LogP contribution in [-0.4, -0.2) is 23.0 Å². The molecule has 28 heavy (non-hydrogen) atoms. The van der Waals surface area contributed by atoms with Crippen molar-refractivity contribution in [3.05, 3.63) is 64.7 Å². The Labute approximate surface area is 168 Å². The summed E-state index contributed by atoms with van der Waals surface area (Å²) < 4.78 is 19.8. The molecule has 140 valence electrons. The molecule has 4 rings (SSSR count). The molecule has 8 heteroatoms. The fourth-order valence-corrected chi connectivity index (χ4v) is 4.14. The summed E-state index contributed by atoms with van der Waals surface area (Å²) in [5, 5.41) is 5.66. The van der Waals surface area contributed by atoms with Crippen molar-refractivity contribution >= 4 is 50.0 Å². The van der Waals surface area contributed by atoms with Crippen molar-refractivity contribution in [1.29, 1.82) is 0 Å². The number of rotatable bonds is 5. The van der Waals surface area contributed by atoms with E-state index in [0.717, 1.165) is 15.2 Å². The first-order chi connectivity index (χ1) is 13.6. The number of para-hydroxylation sites is 1. The van der Waals surface area contributed by atoms with Gasteiger partial charge >= 0.3 is 0 Å². The van der Waals surface area contributed by atoms with Gasteiger partial charge in [-0.1, -0.05) is 12.1 Å². The summed E-state index contributed by atoms with van der Waals surface area (Å²) in [6.45, 7) is 0. The van der Waals surface area contributed by atoms with E-state index in [1.54, 1.807) is 23.6 Å². The van der Waals surface area contributed by atoms with E-state index in [9.17, 15) is 9.18 Å². The van der Waals surface area contributed by atoms with Crippen molar-refractivity contribution in [3.8, 4) is 17.0 Å². The molecule has 0 aliphatic rings. The summed E-state index contributed by atoms with van der Waals surface area (Å²) in [4.78, 5) is 20.9. The maximum absolute atomic E-state index is 13.9. The molecule has 0 bridgehead atoms. The van der Waals surface area contributed by atoms with Gasteiger partial charge in [0, 0.05) is 17.0 Å². The lowest BCUT2D eigenvalue weighted by Crippen LogP contribution is -2.07. The number of fused-ring (bicyclic) bond motifs is 1. The molecule has 0 aliphatic heterocycles. The third-order valence-corrected chi connectivity index (χ3v) is 5.63. The fourth-order valence-electron chi connectivity index (χ4n) is 2.54. The fraction of sp³-hybridized carbons (Fsp3) is 0.0500. The number of ether oxygens (including phenoxy) is 1. The van der Waals surface area contributed by atoms with E-state index in [2.05, 4.69) is 15.3 Å². The quantitative estimate of drug-likeness (QED) is 0.457.